The zero-order valence-electron chi connectivity index (χ0n) is 21.6. The number of hydrogen-bond acceptors (Lipinski definition) is 6. The molecule has 0 aromatic heterocycles. The largest absolute Gasteiger partial charge is 0.389 e. The highest BCUT2D eigenvalue weighted by Crippen LogP contribution is 2.29. The summed E-state index contributed by atoms with van der Waals surface area (Å²) in [6.07, 6.45) is 1.29. The number of fused-ring (bicyclic) bond motifs is 1. The summed E-state index contributed by atoms with van der Waals surface area (Å²) in [6, 6.07) is 13.8. The van der Waals surface area contributed by atoms with Crippen molar-refractivity contribution in [2.24, 2.45) is 0 Å². The van der Waals surface area contributed by atoms with Gasteiger partial charge >= 0.3 is 0 Å². The highest BCUT2D eigenvalue weighted by molar-refractivity contribution is 5.76. The van der Waals surface area contributed by atoms with Crippen LogP contribution in [0.2, 0.25) is 0 Å². The van der Waals surface area contributed by atoms with Crippen molar-refractivity contribution < 1.29 is 28.2 Å². The molecule has 206 valence electrons. The normalized spacial score (nSPS) is 28.9. The molecule has 9 heteroatoms. The van der Waals surface area contributed by atoms with Crippen LogP contribution in [0, 0.1) is 11.6 Å². The van der Waals surface area contributed by atoms with Gasteiger partial charge in [0.05, 0.1) is 37.9 Å². The van der Waals surface area contributed by atoms with Gasteiger partial charge in [-0.15, -0.1) is 0 Å². The van der Waals surface area contributed by atoms with E-state index in [-0.39, 0.29) is 68.5 Å². The van der Waals surface area contributed by atoms with Crippen LogP contribution in [0.4, 0.5) is 8.78 Å². The number of rotatable bonds is 7. The average molecular weight is 530 g/mol. The number of hydrogen-bond donors (Lipinski definition) is 2. The first-order chi connectivity index (χ1) is 18.4. The number of nitrogens with one attached hydrogen (secondary N) is 1. The van der Waals surface area contributed by atoms with Gasteiger partial charge in [0.15, 0.2) is 0 Å². The molecule has 0 saturated carbocycles. The molecule has 38 heavy (non-hydrogen) atoms. The quantitative estimate of drug-likeness (QED) is 0.575. The van der Waals surface area contributed by atoms with Crippen molar-refractivity contribution >= 4 is 5.91 Å². The van der Waals surface area contributed by atoms with E-state index in [0.717, 1.165) is 38.2 Å². The van der Waals surface area contributed by atoms with Crippen LogP contribution in [0.5, 0.6) is 0 Å². The Morgan fingerprint density at radius 1 is 1.03 bits per heavy atom. The van der Waals surface area contributed by atoms with Gasteiger partial charge in [0.2, 0.25) is 5.91 Å². The summed E-state index contributed by atoms with van der Waals surface area (Å²) in [7, 11) is 0. The van der Waals surface area contributed by atoms with Crippen molar-refractivity contribution in [2.45, 2.75) is 69.2 Å². The van der Waals surface area contributed by atoms with Gasteiger partial charge in [-0.05, 0) is 43.0 Å². The number of likely N-dealkylation sites (tertiary alicyclic amines) is 1. The molecule has 3 heterocycles. The van der Waals surface area contributed by atoms with Crippen molar-refractivity contribution in [3.63, 3.8) is 0 Å². The highest BCUT2D eigenvalue weighted by atomic mass is 19.1. The van der Waals surface area contributed by atoms with Crippen molar-refractivity contribution in [3.8, 4) is 0 Å². The molecule has 3 fully saturated rings. The van der Waals surface area contributed by atoms with Crippen LogP contribution in [0.3, 0.4) is 0 Å². The van der Waals surface area contributed by atoms with Crippen molar-refractivity contribution in [1.82, 2.24) is 15.1 Å². The molecule has 0 unspecified atom stereocenters. The van der Waals surface area contributed by atoms with Gasteiger partial charge in [-0.3, -0.25) is 14.6 Å². The van der Waals surface area contributed by atoms with Crippen molar-refractivity contribution in [3.05, 3.63) is 71.3 Å². The fourth-order valence-electron chi connectivity index (χ4n) is 5.94. The van der Waals surface area contributed by atoms with E-state index < -0.39 is 17.7 Å². The predicted octanol–water partition coefficient (Wildman–Crippen LogP) is 2.85. The Balaban J connectivity index is 1.14. The second kappa shape index (κ2) is 12.6. The molecule has 0 radical (unpaired) electrons. The SMILES string of the molecule is O=C(C[C@H]1CC[C@@H]2[C@H](COC[C@@H](O)CN2Cc2cc(F)ccc2F)O1)N[C@@H]1CCN(Cc2ccccc2)C1. The van der Waals surface area contributed by atoms with Crippen LogP contribution in [0.15, 0.2) is 48.5 Å². The topological polar surface area (TPSA) is 74.3 Å². The Bertz CT molecular complexity index is 1080. The molecule has 3 saturated heterocycles. The Hall–Kier alpha value is -2.43. The number of aliphatic hydroxyl groups is 1. The molecule has 0 spiro atoms. The molecule has 7 nitrogen and oxygen atoms in total. The summed E-state index contributed by atoms with van der Waals surface area (Å²) in [4.78, 5) is 17.2. The van der Waals surface area contributed by atoms with Gasteiger partial charge < -0.3 is 19.9 Å². The summed E-state index contributed by atoms with van der Waals surface area (Å²) < 4.78 is 40.2. The zero-order valence-corrected chi connectivity index (χ0v) is 21.6. The van der Waals surface area contributed by atoms with E-state index in [2.05, 4.69) is 22.3 Å². The van der Waals surface area contributed by atoms with E-state index in [1.54, 1.807) is 0 Å². The maximum atomic E-state index is 14.4. The molecule has 2 aromatic rings. The Kier molecular flexibility index (Phi) is 9.01. The lowest BCUT2D eigenvalue weighted by Crippen LogP contribution is -2.55. The van der Waals surface area contributed by atoms with E-state index >= 15 is 0 Å². The number of ether oxygens (including phenoxy) is 2. The molecule has 0 aliphatic carbocycles. The van der Waals surface area contributed by atoms with E-state index in [0.29, 0.717) is 12.8 Å². The second-order valence-electron chi connectivity index (χ2n) is 10.8. The molecule has 5 rings (SSSR count). The predicted molar refractivity (Wildman–Crippen MR) is 138 cm³/mol. The Labute approximate surface area is 222 Å². The molecule has 5 atom stereocenters. The van der Waals surface area contributed by atoms with Crippen LogP contribution in [-0.2, 0) is 27.4 Å². The van der Waals surface area contributed by atoms with Crippen LogP contribution < -0.4 is 5.32 Å². The summed E-state index contributed by atoms with van der Waals surface area (Å²) in [5, 5.41) is 13.5. The smallest absolute Gasteiger partial charge is 0.222 e. The molecular formula is C29H37F2N3O4. The van der Waals surface area contributed by atoms with Gasteiger partial charge in [-0.2, -0.15) is 0 Å². The number of amides is 1. The van der Waals surface area contributed by atoms with E-state index in [9.17, 15) is 18.7 Å². The van der Waals surface area contributed by atoms with Crippen molar-refractivity contribution in [2.75, 3.05) is 32.8 Å². The first kappa shape index (κ1) is 27.1. The summed E-state index contributed by atoms with van der Waals surface area (Å²) in [6.45, 7) is 3.52. The first-order valence-corrected chi connectivity index (χ1v) is 13.6. The lowest BCUT2D eigenvalue weighted by Gasteiger charge is -2.44. The van der Waals surface area contributed by atoms with Crippen LogP contribution in [0.1, 0.15) is 36.8 Å². The third kappa shape index (κ3) is 7.15. The zero-order chi connectivity index (χ0) is 26.5. The molecule has 2 N–H and O–H groups in total. The van der Waals surface area contributed by atoms with Gasteiger partial charge in [0.1, 0.15) is 11.6 Å². The number of β-amino-alcohol motifs (C(OH)–C–C–N with tert-alkyl or cyclic N) is 1. The monoisotopic (exact) mass is 529 g/mol. The number of carbonyl (C=O) groups excluding carboxylic acids is 1. The summed E-state index contributed by atoms with van der Waals surface area (Å²) >= 11 is 0. The molecular weight excluding hydrogens is 492 g/mol. The standard InChI is InChI=1S/C29H37F2N3O4/c30-22-6-8-26(31)21(12-22)15-34-17-24(35)18-37-19-28-27(34)9-7-25(38-28)13-29(36)32-23-10-11-33(16-23)14-20-4-2-1-3-5-20/h1-6,8,12,23-25,27-28,35H,7,9-11,13-19H2,(H,32,36)/t23-,24+,25-,27-,28+/m1/s1. The average Bonchev–Trinajstić information content (AvgIpc) is 3.32. The van der Waals surface area contributed by atoms with Gasteiger partial charge in [-0.1, -0.05) is 30.3 Å². The fraction of sp³-hybridized carbons (Fsp3) is 0.552. The third-order valence-corrected chi connectivity index (χ3v) is 7.77. The first-order valence-electron chi connectivity index (χ1n) is 13.6. The lowest BCUT2D eigenvalue weighted by molar-refractivity contribution is -0.158. The third-order valence-electron chi connectivity index (χ3n) is 7.77. The number of nitrogens with zero attached hydrogens (tertiary/aromatic N) is 2. The van der Waals surface area contributed by atoms with Gasteiger partial charge in [-0.25, -0.2) is 8.78 Å². The molecule has 3 aliphatic heterocycles. The van der Waals surface area contributed by atoms with Crippen LogP contribution in [0.25, 0.3) is 0 Å². The van der Waals surface area contributed by atoms with E-state index in [1.165, 1.54) is 11.6 Å². The lowest BCUT2D eigenvalue weighted by atomic mass is 9.94. The number of benzene rings is 2. The van der Waals surface area contributed by atoms with Gasteiger partial charge in [0.25, 0.3) is 0 Å². The second-order valence-corrected chi connectivity index (χ2v) is 10.8. The van der Waals surface area contributed by atoms with E-state index in [4.69, 9.17) is 9.47 Å². The number of carbonyl (C=O) groups is 1. The minimum absolute atomic E-state index is 0.0131. The minimum atomic E-state index is -0.732. The van der Waals surface area contributed by atoms with E-state index in [1.807, 2.05) is 23.1 Å². The Morgan fingerprint density at radius 2 is 1.87 bits per heavy atom. The fourth-order valence-corrected chi connectivity index (χ4v) is 5.94. The van der Waals surface area contributed by atoms with Crippen molar-refractivity contribution in [1.29, 1.82) is 0 Å². The van der Waals surface area contributed by atoms with Crippen LogP contribution >= 0.6 is 0 Å². The molecule has 2 aromatic carbocycles. The van der Waals surface area contributed by atoms with Crippen LogP contribution in [-0.4, -0.2) is 84.1 Å². The summed E-state index contributed by atoms with van der Waals surface area (Å²) in [5.74, 6) is -0.984. The number of aliphatic hydroxyl groups excluding tert-OH is 1. The molecule has 0 bridgehead atoms. The maximum absolute atomic E-state index is 14.4. The highest BCUT2D eigenvalue weighted by Gasteiger charge is 2.38. The number of halogens is 2. The molecule has 1 amide bonds. The summed E-state index contributed by atoms with van der Waals surface area (Å²) in [5.41, 5.74) is 1.52. The van der Waals surface area contributed by atoms with Gasteiger partial charge in [0, 0.05) is 50.4 Å². The maximum Gasteiger partial charge on any atom is 0.222 e. The minimum Gasteiger partial charge on any atom is -0.389 e. The molecule has 3 aliphatic rings. The Morgan fingerprint density at radius 3 is 2.71 bits per heavy atom.